The molecule has 0 aromatic carbocycles. The zero-order chi connectivity index (χ0) is 9.52. The number of likely N-dealkylation sites (tertiary alicyclic amines) is 1. The van der Waals surface area contributed by atoms with Crippen LogP contribution in [0.1, 0.15) is 12.8 Å². The predicted octanol–water partition coefficient (Wildman–Crippen LogP) is 0.448. The highest BCUT2D eigenvalue weighted by molar-refractivity contribution is 7.80. The van der Waals surface area contributed by atoms with Crippen molar-refractivity contribution in [1.29, 1.82) is 0 Å². The van der Waals surface area contributed by atoms with E-state index in [2.05, 4.69) is 27.7 Å². The van der Waals surface area contributed by atoms with Crippen molar-refractivity contribution in [3.8, 4) is 0 Å². The van der Waals surface area contributed by atoms with E-state index in [-0.39, 0.29) is 0 Å². The summed E-state index contributed by atoms with van der Waals surface area (Å²) in [6.07, 6.45) is 2.76. The van der Waals surface area contributed by atoms with Gasteiger partial charge in [-0.1, -0.05) is 0 Å². The van der Waals surface area contributed by atoms with Gasteiger partial charge in [0.1, 0.15) is 0 Å². The van der Waals surface area contributed by atoms with Crippen molar-refractivity contribution in [2.75, 3.05) is 45.8 Å². The molecular weight excluding hydrogens is 182 g/mol. The Morgan fingerprint density at radius 1 is 1.38 bits per heavy atom. The van der Waals surface area contributed by atoms with Crippen molar-refractivity contribution in [3.63, 3.8) is 0 Å². The van der Waals surface area contributed by atoms with Gasteiger partial charge in [0, 0.05) is 25.6 Å². The van der Waals surface area contributed by atoms with Gasteiger partial charge in [0.2, 0.25) is 0 Å². The molecule has 0 amide bonds. The molecule has 0 aromatic rings. The molecule has 0 aromatic heterocycles. The van der Waals surface area contributed by atoms with E-state index in [4.69, 9.17) is 0 Å². The van der Waals surface area contributed by atoms with E-state index >= 15 is 0 Å². The minimum Gasteiger partial charge on any atom is -0.307 e. The molecule has 4 heteroatoms. The Morgan fingerprint density at radius 2 is 2.08 bits per heavy atom. The van der Waals surface area contributed by atoms with Gasteiger partial charge in [-0.25, -0.2) is 0 Å². The van der Waals surface area contributed by atoms with Gasteiger partial charge in [-0.15, -0.1) is 0 Å². The Hall–Kier alpha value is 0.230. The third-order valence-electron chi connectivity index (χ3n) is 2.51. The monoisotopic (exact) mass is 203 g/mol. The van der Waals surface area contributed by atoms with Crippen LogP contribution < -0.4 is 5.32 Å². The summed E-state index contributed by atoms with van der Waals surface area (Å²) in [6, 6.07) is 0. The summed E-state index contributed by atoms with van der Waals surface area (Å²) in [6.45, 7) is 5.85. The van der Waals surface area contributed by atoms with Crippen LogP contribution in [0.25, 0.3) is 0 Å². The Morgan fingerprint density at radius 3 is 2.62 bits per heavy atom. The molecule has 1 aliphatic rings. The quantitative estimate of drug-likeness (QED) is 0.483. The summed E-state index contributed by atoms with van der Waals surface area (Å²) in [5.41, 5.74) is 0. The first kappa shape index (κ1) is 11.3. The minimum atomic E-state index is 0.842. The van der Waals surface area contributed by atoms with Gasteiger partial charge in [-0.2, -0.15) is 12.6 Å². The molecule has 0 atom stereocenters. The molecule has 1 rings (SSSR count). The summed E-state index contributed by atoms with van der Waals surface area (Å²) in [5.74, 6) is 0.842. The fourth-order valence-corrected chi connectivity index (χ4v) is 1.95. The molecular formula is C9H21N3S. The van der Waals surface area contributed by atoms with E-state index in [1.165, 1.54) is 32.5 Å². The van der Waals surface area contributed by atoms with Crippen molar-refractivity contribution in [3.05, 3.63) is 0 Å². The Kier molecular flexibility index (Phi) is 5.78. The van der Waals surface area contributed by atoms with E-state index in [1.807, 2.05) is 7.05 Å². The van der Waals surface area contributed by atoms with Gasteiger partial charge in [0.15, 0.2) is 0 Å². The fraction of sp³-hybridized carbons (Fsp3) is 1.00. The van der Waals surface area contributed by atoms with Gasteiger partial charge in [0.05, 0.1) is 0 Å². The van der Waals surface area contributed by atoms with Crippen molar-refractivity contribution in [2.45, 2.75) is 12.8 Å². The van der Waals surface area contributed by atoms with Gasteiger partial charge in [-0.3, -0.25) is 4.90 Å². The molecule has 1 heterocycles. The molecule has 1 N–H and O–H groups in total. The second-order valence-electron chi connectivity index (χ2n) is 3.60. The maximum atomic E-state index is 4.29. The molecule has 78 valence electrons. The smallest absolute Gasteiger partial charge is 0.0486 e. The maximum Gasteiger partial charge on any atom is 0.0486 e. The number of hydrogen-bond acceptors (Lipinski definition) is 4. The summed E-state index contributed by atoms with van der Waals surface area (Å²) >= 11 is 4.29. The highest BCUT2D eigenvalue weighted by atomic mass is 32.1. The molecule has 1 fully saturated rings. The Bertz CT molecular complexity index is 126. The van der Waals surface area contributed by atoms with Gasteiger partial charge >= 0.3 is 0 Å². The van der Waals surface area contributed by atoms with Crippen LogP contribution in [-0.2, 0) is 0 Å². The van der Waals surface area contributed by atoms with Gasteiger partial charge in [-0.05, 0) is 33.0 Å². The number of thiol groups is 1. The van der Waals surface area contributed by atoms with Crippen LogP contribution in [0.2, 0.25) is 0 Å². The minimum absolute atomic E-state index is 0.842. The van der Waals surface area contributed by atoms with E-state index in [0.29, 0.717) is 0 Å². The van der Waals surface area contributed by atoms with Gasteiger partial charge < -0.3 is 10.2 Å². The lowest BCUT2D eigenvalue weighted by Gasteiger charge is -2.22. The number of nitrogens with one attached hydrogen (secondary N) is 1. The second-order valence-corrected chi connectivity index (χ2v) is 3.88. The lowest BCUT2D eigenvalue weighted by molar-refractivity contribution is 0.243. The Balaban J connectivity index is 2.07. The number of nitrogens with zero attached hydrogens (tertiary/aromatic N) is 2. The summed E-state index contributed by atoms with van der Waals surface area (Å²) in [5, 5.41) is 3.15. The number of hydrogen-bond donors (Lipinski definition) is 2. The summed E-state index contributed by atoms with van der Waals surface area (Å²) < 4.78 is 0. The molecule has 1 aliphatic heterocycles. The number of rotatable bonds is 6. The largest absolute Gasteiger partial charge is 0.307 e. The highest BCUT2D eigenvalue weighted by Gasteiger charge is 2.11. The molecule has 0 unspecified atom stereocenters. The highest BCUT2D eigenvalue weighted by Crippen LogP contribution is 2.06. The van der Waals surface area contributed by atoms with Crippen molar-refractivity contribution < 1.29 is 0 Å². The zero-order valence-electron chi connectivity index (χ0n) is 8.50. The van der Waals surface area contributed by atoms with Gasteiger partial charge in [0.25, 0.3) is 0 Å². The molecule has 13 heavy (non-hydrogen) atoms. The first-order valence-corrected chi connectivity index (χ1v) is 5.70. The van der Waals surface area contributed by atoms with Crippen LogP contribution >= 0.6 is 12.6 Å². The molecule has 0 aliphatic carbocycles. The normalized spacial score (nSPS) is 18.7. The Labute approximate surface area is 86.9 Å². The SMILES string of the molecule is CNCN(CS)CCN1CCCC1. The van der Waals surface area contributed by atoms with Crippen LogP contribution in [0.3, 0.4) is 0 Å². The first-order chi connectivity index (χ1) is 6.36. The standard InChI is InChI=1S/C9H21N3S/c1-10-8-12(9-13)7-6-11-4-2-3-5-11/h10,13H,2-9H2,1H3. The fourth-order valence-electron chi connectivity index (χ4n) is 1.71. The van der Waals surface area contributed by atoms with Crippen molar-refractivity contribution in [2.24, 2.45) is 0 Å². The van der Waals surface area contributed by atoms with E-state index in [1.54, 1.807) is 0 Å². The average molecular weight is 203 g/mol. The summed E-state index contributed by atoms with van der Waals surface area (Å²) in [4.78, 5) is 4.84. The second kappa shape index (κ2) is 6.65. The zero-order valence-corrected chi connectivity index (χ0v) is 9.39. The van der Waals surface area contributed by atoms with Crippen LogP contribution in [0, 0.1) is 0 Å². The van der Waals surface area contributed by atoms with Crippen LogP contribution in [0.5, 0.6) is 0 Å². The van der Waals surface area contributed by atoms with Crippen molar-refractivity contribution in [1.82, 2.24) is 15.1 Å². The molecule has 1 saturated heterocycles. The lowest BCUT2D eigenvalue weighted by atomic mass is 10.4. The average Bonchev–Trinajstić information content (AvgIpc) is 2.64. The van der Waals surface area contributed by atoms with Crippen LogP contribution in [-0.4, -0.2) is 55.6 Å². The molecule has 0 spiro atoms. The van der Waals surface area contributed by atoms with Crippen LogP contribution in [0.4, 0.5) is 0 Å². The lowest BCUT2D eigenvalue weighted by Crippen LogP contribution is -2.37. The summed E-state index contributed by atoms with van der Waals surface area (Å²) in [7, 11) is 1.98. The maximum absolute atomic E-state index is 4.29. The van der Waals surface area contributed by atoms with Crippen LogP contribution in [0.15, 0.2) is 0 Å². The molecule has 3 nitrogen and oxygen atoms in total. The van der Waals surface area contributed by atoms with E-state index in [9.17, 15) is 0 Å². The third kappa shape index (κ3) is 4.31. The van der Waals surface area contributed by atoms with E-state index < -0.39 is 0 Å². The third-order valence-corrected chi connectivity index (χ3v) is 2.91. The van der Waals surface area contributed by atoms with E-state index in [0.717, 1.165) is 19.1 Å². The molecule has 0 radical (unpaired) electrons. The molecule has 0 saturated carbocycles. The molecule has 0 bridgehead atoms. The topological polar surface area (TPSA) is 18.5 Å². The predicted molar refractivity (Wildman–Crippen MR) is 60.2 cm³/mol. The van der Waals surface area contributed by atoms with Crippen molar-refractivity contribution >= 4 is 12.6 Å². The first-order valence-electron chi connectivity index (χ1n) is 5.07.